The topological polar surface area (TPSA) is 73.9 Å². The van der Waals surface area contributed by atoms with Gasteiger partial charge in [0.2, 0.25) is 0 Å². The molecule has 7 heteroatoms. The molecule has 1 aromatic heterocycles. The van der Waals surface area contributed by atoms with E-state index in [2.05, 4.69) is 43.6 Å². The Hall–Kier alpha value is -1.21. The Labute approximate surface area is 126 Å². The van der Waals surface area contributed by atoms with Crippen molar-refractivity contribution in [3.8, 4) is 0 Å². The van der Waals surface area contributed by atoms with Gasteiger partial charge in [0.15, 0.2) is 5.69 Å². The molecule has 108 valence electrons. The zero-order chi connectivity index (χ0) is 14.1. The predicted molar refractivity (Wildman–Crippen MR) is 78.8 cm³/mol. The summed E-state index contributed by atoms with van der Waals surface area (Å²) in [5.74, 6) is 0.267. The maximum atomic E-state index is 12.6. The van der Waals surface area contributed by atoms with E-state index in [-0.39, 0.29) is 5.91 Å². The molecule has 0 aromatic carbocycles. The van der Waals surface area contributed by atoms with Crippen LogP contribution in [0.2, 0.25) is 0 Å². The number of hydrogen-bond donors (Lipinski definition) is 2. The Morgan fingerprint density at radius 3 is 3.00 bits per heavy atom. The lowest BCUT2D eigenvalue weighted by molar-refractivity contribution is 0.0760. The second kappa shape index (κ2) is 5.65. The fourth-order valence-electron chi connectivity index (χ4n) is 2.71. The van der Waals surface area contributed by atoms with Crippen LogP contribution in [0, 0.1) is 0 Å². The monoisotopic (exact) mass is 339 g/mol. The predicted octanol–water partition coefficient (Wildman–Crippen LogP) is 1.40. The molecule has 1 saturated heterocycles. The van der Waals surface area contributed by atoms with Crippen LogP contribution in [0.1, 0.15) is 41.9 Å². The number of nitrogens with zero attached hydrogens (tertiary/aromatic N) is 3. The van der Waals surface area contributed by atoms with E-state index in [9.17, 15) is 4.79 Å². The number of halogens is 1. The number of rotatable bonds is 2. The van der Waals surface area contributed by atoms with E-state index in [1.54, 1.807) is 0 Å². The molecule has 3 rings (SSSR count). The quantitative estimate of drug-likeness (QED) is 0.854. The number of aromatic amines is 1. The molecule has 1 atom stereocenters. The molecular weight excluding hydrogens is 322 g/mol. The molecule has 0 bridgehead atoms. The van der Waals surface area contributed by atoms with Gasteiger partial charge in [0.1, 0.15) is 0 Å². The van der Waals surface area contributed by atoms with Crippen molar-refractivity contribution in [1.82, 2.24) is 25.6 Å². The molecule has 2 aliphatic rings. The SMILES string of the molecule is CC1=C(Br)CN(C(=O)c2n[nH]nc2C2CCNC2)CC1. The van der Waals surface area contributed by atoms with Crippen molar-refractivity contribution in [2.24, 2.45) is 0 Å². The smallest absolute Gasteiger partial charge is 0.276 e. The third kappa shape index (κ3) is 2.52. The number of aromatic nitrogens is 3. The molecule has 0 aliphatic carbocycles. The summed E-state index contributed by atoms with van der Waals surface area (Å²) in [5, 5.41) is 14.2. The molecule has 1 amide bonds. The normalized spacial score (nSPS) is 23.5. The third-order valence-corrected chi connectivity index (χ3v) is 4.99. The highest BCUT2D eigenvalue weighted by Gasteiger charge is 2.30. The zero-order valence-corrected chi connectivity index (χ0v) is 13.0. The van der Waals surface area contributed by atoms with Gasteiger partial charge in [-0.15, -0.1) is 0 Å². The van der Waals surface area contributed by atoms with Crippen LogP contribution in [-0.4, -0.2) is 52.4 Å². The molecule has 1 aromatic rings. The van der Waals surface area contributed by atoms with E-state index in [1.165, 1.54) is 5.57 Å². The Bertz CT molecular complexity index is 547. The summed E-state index contributed by atoms with van der Waals surface area (Å²) in [6.45, 7) is 5.31. The van der Waals surface area contributed by atoms with Gasteiger partial charge in [-0.1, -0.05) is 21.5 Å². The summed E-state index contributed by atoms with van der Waals surface area (Å²) < 4.78 is 1.10. The average molecular weight is 340 g/mol. The van der Waals surface area contributed by atoms with Gasteiger partial charge in [-0.05, 0) is 26.3 Å². The minimum absolute atomic E-state index is 0.0231. The first-order valence-corrected chi connectivity index (χ1v) is 7.71. The van der Waals surface area contributed by atoms with Crippen molar-refractivity contribution in [2.75, 3.05) is 26.2 Å². The highest BCUT2D eigenvalue weighted by molar-refractivity contribution is 9.11. The van der Waals surface area contributed by atoms with Crippen LogP contribution < -0.4 is 5.32 Å². The number of nitrogens with one attached hydrogen (secondary N) is 2. The Kier molecular flexibility index (Phi) is 3.89. The number of carbonyl (C=O) groups is 1. The van der Waals surface area contributed by atoms with Crippen LogP contribution in [0.25, 0.3) is 0 Å². The van der Waals surface area contributed by atoms with E-state index in [0.717, 1.165) is 42.7 Å². The van der Waals surface area contributed by atoms with Gasteiger partial charge < -0.3 is 10.2 Å². The van der Waals surface area contributed by atoms with Crippen molar-refractivity contribution < 1.29 is 4.79 Å². The maximum Gasteiger partial charge on any atom is 0.276 e. The van der Waals surface area contributed by atoms with Crippen LogP contribution in [0.15, 0.2) is 10.1 Å². The first-order valence-electron chi connectivity index (χ1n) is 6.91. The van der Waals surface area contributed by atoms with E-state index in [0.29, 0.717) is 18.2 Å². The molecule has 2 N–H and O–H groups in total. The number of amides is 1. The average Bonchev–Trinajstić information content (AvgIpc) is 3.10. The van der Waals surface area contributed by atoms with Crippen LogP contribution in [0.4, 0.5) is 0 Å². The van der Waals surface area contributed by atoms with Crippen LogP contribution in [-0.2, 0) is 0 Å². The molecule has 0 saturated carbocycles. The molecule has 20 heavy (non-hydrogen) atoms. The molecule has 1 fully saturated rings. The fraction of sp³-hybridized carbons (Fsp3) is 0.615. The van der Waals surface area contributed by atoms with E-state index in [1.807, 2.05) is 4.90 Å². The van der Waals surface area contributed by atoms with Gasteiger partial charge in [0, 0.05) is 23.5 Å². The largest absolute Gasteiger partial charge is 0.332 e. The summed E-state index contributed by atoms with van der Waals surface area (Å²) >= 11 is 3.54. The van der Waals surface area contributed by atoms with Crippen molar-refractivity contribution >= 4 is 21.8 Å². The lowest BCUT2D eigenvalue weighted by atomic mass is 10.0. The lowest BCUT2D eigenvalue weighted by Gasteiger charge is -2.27. The second-order valence-electron chi connectivity index (χ2n) is 5.41. The highest BCUT2D eigenvalue weighted by Crippen LogP contribution is 2.26. The van der Waals surface area contributed by atoms with Gasteiger partial charge in [-0.2, -0.15) is 15.4 Å². The molecule has 1 unspecified atom stereocenters. The molecule has 0 radical (unpaired) electrons. The summed E-state index contributed by atoms with van der Waals surface area (Å²) in [5.41, 5.74) is 2.61. The van der Waals surface area contributed by atoms with Crippen LogP contribution in [0.3, 0.4) is 0 Å². The third-order valence-electron chi connectivity index (χ3n) is 4.06. The number of H-pyrrole nitrogens is 1. The first kappa shape index (κ1) is 13.8. The van der Waals surface area contributed by atoms with Crippen LogP contribution in [0.5, 0.6) is 0 Å². The lowest BCUT2D eigenvalue weighted by Crippen LogP contribution is -2.36. The molecule has 0 spiro atoms. The van der Waals surface area contributed by atoms with Crippen molar-refractivity contribution in [3.63, 3.8) is 0 Å². The summed E-state index contributed by atoms with van der Waals surface area (Å²) in [7, 11) is 0. The maximum absolute atomic E-state index is 12.6. The zero-order valence-electron chi connectivity index (χ0n) is 11.4. The van der Waals surface area contributed by atoms with Crippen molar-refractivity contribution in [1.29, 1.82) is 0 Å². The summed E-state index contributed by atoms with van der Waals surface area (Å²) in [4.78, 5) is 14.5. The summed E-state index contributed by atoms with van der Waals surface area (Å²) in [6.07, 6.45) is 1.92. The van der Waals surface area contributed by atoms with Gasteiger partial charge in [-0.3, -0.25) is 4.79 Å². The van der Waals surface area contributed by atoms with Gasteiger partial charge in [0.25, 0.3) is 5.91 Å². The first-order chi connectivity index (χ1) is 9.66. The van der Waals surface area contributed by atoms with Gasteiger partial charge >= 0.3 is 0 Å². The van der Waals surface area contributed by atoms with E-state index < -0.39 is 0 Å². The standard InChI is InChI=1S/C13H18BrN5O/c1-8-3-5-19(7-10(8)14)13(20)12-11(16-18-17-12)9-2-4-15-6-9/h9,15H,2-7H2,1H3,(H,16,17,18). The highest BCUT2D eigenvalue weighted by atomic mass is 79.9. The summed E-state index contributed by atoms with van der Waals surface area (Å²) in [6, 6.07) is 0. The Balaban J connectivity index is 1.80. The minimum Gasteiger partial charge on any atom is -0.332 e. The van der Waals surface area contributed by atoms with Gasteiger partial charge in [0.05, 0.1) is 12.2 Å². The molecule has 3 heterocycles. The Morgan fingerprint density at radius 2 is 2.30 bits per heavy atom. The fourth-order valence-corrected chi connectivity index (χ4v) is 3.21. The van der Waals surface area contributed by atoms with Gasteiger partial charge in [-0.25, -0.2) is 0 Å². The molecule has 2 aliphatic heterocycles. The molecule has 6 nitrogen and oxygen atoms in total. The Morgan fingerprint density at radius 1 is 1.45 bits per heavy atom. The number of carbonyl (C=O) groups excluding carboxylic acids is 1. The molecular formula is C13H18BrN5O. The van der Waals surface area contributed by atoms with E-state index in [4.69, 9.17) is 0 Å². The van der Waals surface area contributed by atoms with E-state index >= 15 is 0 Å². The number of hydrogen-bond acceptors (Lipinski definition) is 4. The minimum atomic E-state index is -0.0231. The second-order valence-corrected chi connectivity index (χ2v) is 6.37. The van der Waals surface area contributed by atoms with Crippen molar-refractivity contribution in [2.45, 2.75) is 25.7 Å². The van der Waals surface area contributed by atoms with Crippen molar-refractivity contribution in [3.05, 3.63) is 21.4 Å². The van der Waals surface area contributed by atoms with Crippen LogP contribution >= 0.6 is 15.9 Å².